The summed E-state index contributed by atoms with van der Waals surface area (Å²) in [6.45, 7) is 0.532. The molecule has 3 atom stereocenters. The standard InChI is InChI=1S/C7H15NO3/c8-2-1-6-3-5(9)4-7(10)11-6/h5-7,9-10H,1-4,8H2/t5-,6-,7?/m1/s1. The van der Waals surface area contributed by atoms with Crippen LogP contribution >= 0.6 is 0 Å². The van der Waals surface area contributed by atoms with Crippen molar-refractivity contribution in [2.45, 2.75) is 37.8 Å². The van der Waals surface area contributed by atoms with Crippen molar-refractivity contribution in [1.29, 1.82) is 0 Å². The molecular formula is C7H15NO3. The molecule has 0 aromatic carbocycles. The quantitative estimate of drug-likeness (QED) is 0.495. The Morgan fingerprint density at radius 1 is 1.36 bits per heavy atom. The van der Waals surface area contributed by atoms with E-state index in [0.717, 1.165) is 0 Å². The zero-order valence-corrected chi connectivity index (χ0v) is 6.44. The van der Waals surface area contributed by atoms with Crippen LogP contribution in [0.1, 0.15) is 19.3 Å². The van der Waals surface area contributed by atoms with Crippen LogP contribution in [0.5, 0.6) is 0 Å². The second kappa shape index (κ2) is 4.01. The van der Waals surface area contributed by atoms with E-state index in [4.69, 9.17) is 15.6 Å². The summed E-state index contributed by atoms with van der Waals surface area (Å²) in [5.74, 6) is 0. The van der Waals surface area contributed by atoms with Crippen molar-refractivity contribution < 1.29 is 14.9 Å². The van der Waals surface area contributed by atoms with Crippen molar-refractivity contribution in [3.8, 4) is 0 Å². The fourth-order valence-corrected chi connectivity index (χ4v) is 1.34. The Morgan fingerprint density at radius 2 is 2.09 bits per heavy atom. The summed E-state index contributed by atoms with van der Waals surface area (Å²) in [6, 6.07) is 0. The lowest BCUT2D eigenvalue weighted by Crippen LogP contribution is -2.36. The fourth-order valence-electron chi connectivity index (χ4n) is 1.34. The highest BCUT2D eigenvalue weighted by molar-refractivity contribution is 4.72. The van der Waals surface area contributed by atoms with Gasteiger partial charge in [0.1, 0.15) is 0 Å². The van der Waals surface area contributed by atoms with Crippen LogP contribution in [-0.2, 0) is 4.74 Å². The lowest BCUT2D eigenvalue weighted by molar-refractivity contribution is -0.189. The topological polar surface area (TPSA) is 75.7 Å². The summed E-state index contributed by atoms with van der Waals surface area (Å²) >= 11 is 0. The Hall–Kier alpha value is -0.160. The van der Waals surface area contributed by atoms with Gasteiger partial charge in [0.15, 0.2) is 6.29 Å². The molecule has 0 spiro atoms. The highest BCUT2D eigenvalue weighted by Crippen LogP contribution is 2.19. The van der Waals surface area contributed by atoms with Crippen LogP contribution in [0.25, 0.3) is 0 Å². The van der Waals surface area contributed by atoms with Gasteiger partial charge in [0, 0.05) is 6.42 Å². The minimum Gasteiger partial charge on any atom is -0.393 e. The first-order valence-electron chi connectivity index (χ1n) is 3.94. The highest BCUT2D eigenvalue weighted by atomic mass is 16.6. The van der Waals surface area contributed by atoms with E-state index in [1.54, 1.807) is 0 Å². The van der Waals surface area contributed by atoms with Crippen LogP contribution < -0.4 is 5.73 Å². The maximum absolute atomic E-state index is 9.20. The molecule has 11 heavy (non-hydrogen) atoms. The zero-order chi connectivity index (χ0) is 8.27. The van der Waals surface area contributed by atoms with E-state index < -0.39 is 12.4 Å². The highest BCUT2D eigenvalue weighted by Gasteiger charge is 2.25. The van der Waals surface area contributed by atoms with Crippen LogP contribution in [0.2, 0.25) is 0 Å². The van der Waals surface area contributed by atoms with Gasteiger partial charge in [-0.05, 0) is 19.4 Å². The lowest BCUT2D eigenvalue weighted by Gasteiger charge is -2.29. The third-order valence-electron chi connectivity index (χ3n) is 1.85. The number of aliphatic hydroxyl groups is 2. The second-order valence-electron chi connectivity index (χ2n) is 2.92. The number of ether oxygens (including phenoxy) is 1. The number of rotatable bonds is 2. The van der Waals surface area contributed by atoms with E-state index in [0.29, 0.717) is 25.8 Å². The van der Waals surface area contributed by atoms with Crippen molar-refractivity contribution in [3.05, 3.63) is 0 Å². The van der Waals surface area contributed by atoms with E-state index in [1.807, 2.05) is 0 Å². The van der Waals surface area contributed by atoms with Crippen molar-refractivity contribution in [3.63, 3.8) is 0 Å². The largest absolute Gasteiger partial charge is 0.393 e. The van der Waals surface area contributed by atoms with Crippen LogP contribution in [-0.4, -0.2) is 35.3 Å². The summed E-state index contributed by atoms with van der Waals surface area (Å²) in [6.07, 6.45) is 0.299. The van der Waals surface area contributed by atoms with Gasteiger partial charge in [-0.25, -0.2) is 0 Å². The molecule has 1 heterocycles. The van der Waals surface area contributed by atoms with Crippen LogP contribution in [0.3, 0.4) is 0 Å². The first kappa shape index (κ1) is 8.93. The Labute approximate surface area is 66.0 Å². The van der Waals surface area contributed by atoms with Gasteiger partial charge in [0.2, 0.25) is 0 Å². The third-order valence-corrected chi connectivity index (χ3v) is 1.85. The lowest BCUT2D eigenvalue weighted by atomic mass is 10.0. The molecule has 4 N–H and O–H groups in total. The predicted molar refractivity (Wildman–Crippen MR) is 39.8 cm³/mol. The molecule has 0 radical (unpaired) electrons. The molecule has 0 amide bonds. The molecule has 1 saturated heterocycles. The Kier molecular flexibility index (Phi) is 3.26. The number of hydrogen-bond donors (Lipinski definition) is 3. The predicted octanol–water partition coefficient (Wildman–Crippen LogP) is -0.807. The molecule has 1 aliphatic heterocycles. The maximum Gasteiger partial charge on any atom is 0.157 e. The van der Waals surface area contributed by atoms with Gasteiger partial charge in [-0.1, -0.05) is 0 Å². The first-order valence-corrected chi connectivity index (χ1v) is 3.94. The molecule has 1 unspecified atom stereocenters. The maximum atomic E-state index is 9.20. The van der Waals surface area contributed by atoms with Crippen molar-refractivity contribution in [2.75, 3.05) is 6.54 Å². The van der Waals surface area contributed by atoms with Gasteiger partial charge < -0.3 is 20.7 Å². The van der Waals surface area contributed by atoms with Crippen LogP contribution in [0, 0.1) is 0 Å². The Balaban J connectivity index is 2.30. The monoisotopic (exact) mass is 161 g/mol. The molecule has 4 heteroatoms. The molecule has 0 aliphatic carbocycles. The summed E-state index contributed by atoms with van der Waals surface area (Å²) in [7, 11) is 0. The second-order valence-corrected chi connectivity index (χ2v) is 2.92. The third kappa shape index (κ3) is 2.75. The molecule has 4 nitrogen and oxygen atoms in total. The van der Waals surface area contributed by atoms with Gasteiger partial charge in [0.25, 0.3) is 0 Å². The normalized spacial score (nSPS) is 39.0. The van der Waals surface area contributed by atoms with Gasteiger partial charge in [0.05, 0.1) is 12.2 Å². The molecule has 0 aromatic heterocycles. The van der Waals surface area contributed by atoms with Gasteiger partial charge in [-0.15, -0.1) is 0 Å². The Bertz CT molecular complexity index is 110. The van der Waals surface area contributed by atoms with Gasteiger partial charge in [-0.2, -0.15) is 0 Å². The summed E-state index contributed by atoms with van der Waals surface area (Å²) in [5, 5.41) is 18.2. The van der Waals surface area contributed by atoms with E-state index in [-0.39, 0.29) is 6.10 Å². The first-order chi connectivity index (χ1) is 5.22. The van der Waals surface area contributed by atoms with Crippen LogP contribution in [0.4, 0.5) is 0 Å². The SMILES string of the molecule is NCC[C@@H]1C[C@@H](O)CC(O)O1. The molecule has 1 aliphatic rings. The number of nitrogens with two attached hydrogens (primary N) is 1. The van der Waals surface area contributed by atoms with Crippen LogP contribution in [0.15, 0.2) is 0 Å². The summed E-state index contributed by atoms with van der Waals surface area (Å²) < 4.78 is 5.11. The average molecular weight is 161 g/mol. The van der Waals surface area contributed by atoms with Gasteiger partial charge in [-0.3, -0.25) is 0 Å². The van der Waals surface area contributed by atoms with E-state index in [9.17, 15) is 5.11 Å². The summed E-state index contributed by atoms with van der Waals surface area (Å²) in [4.78, 5) is 0. The Morgan fingerprint density at radius 3 is 2.64 bits per heavy atom. The zero-order valence-electron chi connectivity index (χ0n) is 6.44. The van der Waals surface area contributed by atoms with Crippen molar-refractivity contribution in [2.24, 2.45) is 5.73 Å². The molecule has 1 rings (SSSR count). The molecule has 0 saturated carbocycles. The molecule has 1 fully saturated rings. The smallest absolute Gasteiger partial charge is 0.157 e. The average Bonchev–Trinajstić information content (AvgIpc) is 1.85. The molecule has 66 valence electrons. The minimum atomic E-state index is -0.810. The van der Waals surface area contributed by atoms with Crippen molar-refractivity contribution in [1.82, 2.24) is 0 Å². The minimum absolute atomic E-state index is 0.0706. The molecule has 0 aromatic rings. The number of aliphatic hydroxyl groups excluding tert-OH is 2. The van der Waals surface area contributed by atoms with Crippen molar-refractivity contribution >= 4 is 0 Å². The van der Waals surface area contributed by atoms with E-state index in [1.165, 1.54) is 0 Å². The molecule has 0 bridgehead atoms. The van der Waals surface area contributed by atoms with Gasteiger partial charge >= 0.3 is 0 Å². The number of hydrogen-bond acceptors (Lipinski definition) is 4. The van der Waals surface area contributed by atoms with E-state index in [2.05, 4.69) is 0 Å². The fraction of sp³-hybridized carbons (Fsp3) is 1.00. The summed E-state index contributed by atoms with van der Waals surface area (Å²) in [5.41, 5.74) is 5.31. The molecular weight excluding hydrogens is 146 g/mol. The van der Waals surface area contributed by atoms with E-state index >= 15 is 0 Å².